The van der Waals surface area contributed by atoms with Crippen LogP contribution in [-0.4, -0.2) is 56.2 Å². The fourth-order valence-corrected chi connectivity index (χ4v) is 2.65. The zero-order valence-electron chi connectivity index (χ0n) is 13.9. The summed E-state index contributed by atoms with van der Waals surface area (Å²) in [6.45, 7) is 2.04. The molecule has 132 valence electrons. The summed E-state index contributed by atoms with van der Waals surface area (Å²) in [4.78, 5) is 25.6. The lowest BCUT2D eigenvalue weighted by molar-refractivity contribution is -0.120. The zero-order valence-corrected chi connectivity index (χ0v) is 13.9. The molecule has 1 aromatic rings. The molecular weight excluding hydrogens is 313 g/mol. The summed E-state index contributed by atoms with van der Waals surface area (Å²) in [7, 11) is 1.66. The molecule has 1 fully saturated rings. The molecular formula is C17H24FN3O3. The SMILES string of the molecule is COC1CCCN(C(=O)NCCNC(=O)Cc2ccc(F)cc2)C1. The second-order valence-corrected chi connectivity index (χ2v) is 5.83. The van der Waals surface area contributed by atoms with Crippen LogP contribution in [0.25, 0.3) is 0 Å². The van der Waals surface area contributed by atoms with Crippen molar-refractivity contribution in [2.75, 3.05) is 33.3 Å². The van der Waals surface area contributed by atoms with Crippen LogP contribution in [0.3, 0.4) is 0 Å². The Balaban J connectivity index is 1.62. The molecule has 1 aromatic carbocycles. The number of hydrogen-bond acceptors (Lipinski definition) is 3. The van der Waals surface area contributed by atoms with Gasteiger partial charge in [0.15, 0.2) is 0 Å². The number of amides is 3. The molecule has 0 saturated carbocycles. The second kappa shape index (κ2) is 9.22. The number of methoxy groups -OCH3 is 1. The predicted molar refractivity (Wildman–Crippen MR) is 88.1 cm³/mol. The summed E-state index contributed by atoms with van der Waals surface area (Å²) in [5.41, 5.74) is 0.747. The van der Waals surface area contributed by atoms with Gasteiger partial charge in [0, 0.05) is 33.3 Å². The van der Waals surface area contributed by atoms with Crippen LogP contribution in [0, 0.1) is 5.82 Å². The van der Waals surface area contributed by atoms with Crippen molar-refractivity contribution >= 4 is 11.9 Å². The number of halogens is 1. The molecule has 1 aliphatic heterocycles. The van der Waals surface area contributed by atoms with Crippen molar-refractivity contribution in [2.24, 2.45) is 0 Å². The van der Waals surface area contributed by atoms with Crippen LogP contribution in [0.15, 0.2) is 24.3 Å². The third kappa shape index (κ3) is 5.81. The van der Waals surface area contributed by atoms with Crippen molar-refractivity contribution in [3.05, 3.63) is 35.6 Å². The number of carbonyl (C=O) groups is 2. The van der Waals surface area contributed by atoms with Gasteiger partial charge in [-0.2, -0.15) is 0 Å². The van der Waals surface area contributed by atoms with Crippen LogP contribution in [0.2, 0.25) is 0 Å². The van der Waals surface area contributed by atoms with Crippen LogP contribution < -0.4 is 10.6 Å². The molecule has 2 N–H and O–H groups in total. The van der Waals surface area contributed by atoms with E-state index in [1.54, 1.807) is 24.1 Å². The Morgan fingerprint density at radius 3 is 2.67 bits per heavy atom. The van der Waals surface area contributed by atoms with Crippen molar-refractivity contribution in [3.63, 3.8) is 0 Å². The van der Waals surface area contributed by atoms with Crippen LogP contribution in [0.1, 0.15) is 18.4 Å². The highest BCUT2D eigenvalue weighted by atomic mass is 19.1. The minimum absolute atomic E-state index is 0.0971. The van der Waals surface area contributed by atoms with Crippen molar-refractivity contribution < 1.29 is 18.7 Å². The van der Waals surface area contributed by atoms with Crippen molar-refractivity contribution in [3.8, 4) is 0 Å². The lowest BCUT2D eigenvalue weighted by Crippen LogP contribution is -2.48. The van der Waals surface area contributed by atoms with E-state index in [1.165, 1.54) is 12.1 Å². The number of rotatable bonds is 6. The molecule has 1 aliphatic rings. The zero-order chi connectivity index (χ0) is 17.4. The number of ether oxygens (including phenoxy) is 1. The van der Waals surface area contributed by atoms with Gasteiger partial charge in [0.1, 0.15) is 5.82 Å². The Morgan fingerprint density at radius 1 is 1.25 bits per heavy atom. The van der Waals surface area contributed by atoms with Crippen molar-refractivity contribution in [2.45, 2.75) is 25.4 Å². The Kier molecular flexibility index (Phi) is 6.99. The van der Waals surface area contributed by atoms with Gasteiger partial charge in [-0.25, -0.2) is 9.18 Å². The normalized spacial score (nSPS) is 17.4. The first-order valence-electron chi connectivity index (χ1n) is 8.15. The molecule has 1 unspecified atom stereocenters. The van der Waals surface area contributed by atoms with E-state index in [4.69, 9.17) is 4.74 Å². The summed E-state index contributed by atoms with van der Waals surface area (Å²) >= 11 is 0. The van der Waals surface area contributed by atoms with Gasteiger partial charge in [0.25, 0.3) is 0 Å². The van der Waals surface area contributed by atoms with Crippen LogP contribution in [0.4, 0.5) is 9.18 Å². The van der Waals surface area contributed by atoms with Gasteiger partial charge >= 0.3 is 6.03 Å². The van der Waals surface area contributed by atoms with Crippen LogP contribution in [-0.2, 0) is 16.0 Å². The van der Waals surface area contributed by atoms with Gasteiger partial charge in [-0.1, -0.05) is 12.1 Å². The third-order valence-electron chi connectivity index (χ3n) is 4.00. The van der Waals surface area contributed by atoms with E-state index in [0.29, 0.717) is 19.6 Å². The van der Waals surface area contributed by atoms with E-state index in [-0.39, 0.29) is 30.3 Å². The number of benzene rings is 1. The number of likely N-dealkylation sites (tertiary alicyclic amines) is 1. The van der Waals surface area contributed by atoms with E-state index in [2.05, 4.69) is 10.6 Å². The first kappa shape index (κ1) is 18.2. The maximum Gasteiger partial charge on any atom is 0.317 e. The molecule has 0 aliphatic carbocycles. The molecule has 1 atom stereocenters. The van der Waals surface area contributed by atoms with Gasteiger partial charge < -0.3 is 20.3 Å². The summed E-state index contributed by atoms with van der Waals surface area (Å²) < 4.78 is 18.1. The predicted octanol–water partition coefficient (Wildman–Crippen LogP) is 1.30. The number of hydrogen-bond donors (Lipinski definition) is 2. The molecule has 1 saturated heterocycles. The lowest BCUT2D eigenvalue weighted by atomic mass is 10.1. The topological polar surface area (TPSA) is 70.7 Å². The Labute approximate surface area is 141 Å². The molecule has 0 spiro atoms. The highest BCUT2D eigenvalue weighted by Gasteiger charge is 2.22. The van der Waals surface area contributed by atoms with Crippen LogP contribution >= 0.6 is 0 Å². The summed E-state index contributed by atoms with van der Waals surface area (Å²) in [6, 6.07) is 5.69. The largest absolute Gasteiger partial charge is 0.380 e. The van der Waals surface area contributed by atoms with Gasteiger partial charge in [-0.15, -0.1) is 0 Å². The molecule has 0 bridgehead atoms. The number of nitrogens with zero attached hydrogens (tertiary/aromatic N) is 1. The van der Waals surface area contributed by atoms with Crippen LogP contribution in [0.5, 0.6) is 0 Å². The fourth-order valence-electron chi connectivity index (χ4n) is 2.65. The van der Waals surface area contributed by atoms with E-state index >= 15 is 0 Å². The average Bonchev–Trinajstić information content (AvgIpc) is 2.60. The second-order valence-electron chi connectivity index (χ2n) is 5.83. The van der Waals surface area contributed by atoms with Gasteiger partial charge in [-0.3, -0.25) is 4.79 Å². The highest BCUT2D eigenvalue weighted by Crippen LogP contribution is 2.12. The standard InChI is InChI=1S/C17H24FN3O3/c1-24-15-3-2-10-21(12-15)17(23)20-9-8-19-16(22)11-13-4-6-14(18)7-5-13/h4-7,15H,2-3,8-12H2,1H3,(H,19,22)(H,20,23). The maximum atomic E-state index is 12.8. The summed E-state index contributed by atoms with van der Waals surface area (Å²) in [6.07, 6.45) is 2.19. The smallest absolute Gasteiger partial charge is 0.317 e. The molecule has 2 rings (SSSR count). The summed E-state index contributed by atoms with van der Waals surface area (Å²) in [5, 5.41) is 5.52. The molecule has 7 heteroatoms. The summed E-state index contributed by atoms with van der Waals surface area (Å²) in [5.74, 6) is -0.483. The van der Waals surface area contributed by atoms with E-state index in [1.807, 2.05) is 0 Å². The highest BCUT2D eigenvalue weighted by molar-refractivity contribution is 5.78. The van der Waals surface area contributed by atoms with E-state index in [9.17, 15) is 14.0 Å². The molecule has 0 aromatic heterocycles. The number of urea groups is 1. The van der Waals surface area contributed by atoms with Crippen molar-refractivity contribution in [1.82, 2.24) is 15.5 Å². The third-order valence-corrected chi connectivity index (χ3v) is 4.00. The fraction of sp³-hybridized carbons (Fsp3) is 0.529. The quantitative estimate of drug-likeness (QED) is 0.769. The first-order valence-corrected chi connectivity index (χ1v) is 8.15. The number of piperidine rings is 1. The molecule has 1 heterocycles. The Hall–Kier alpha value is -2.15. The van der Waals surface area contributed by atoms with Gasteiger partial charge in [0.05, 0.1) is 12.5 Å². The van der Waals surface area contributed by atoms with Gasteiger partial charge in [0.2, 0.25) is 5.91 Å². The molecule has 6 nitrogen and oxygen atoms in total. The Morgan fingerprint density at radius 2 is 1.96 bits per heavy atom. The minimum Gasteiger partial charge on any atom is -0.380 e. The maximum absolute atomic E-state index is 12.8. The van der Waals surface area contributed by atoms with Gasteiger partial charge in [-0.05, 0) is 30.5 Å². The molecule has 24 heavy (non-hydrogen) atoms. The molecule has 3 amide bonds. The van der Waals surface area contributed by atoms with E-state index < -0.39 is 0 Å². The number of carbonyl (C=O) groups excluding carboxylic acids is 2. The average molecular weight is 337 g/mol. The lowest BCUT2D eigenvalue weighted by Gasteiger charge is -2.31. The van der Waals surface area contributed by atoms with E-state index in [0.717, 1.165) is 24.9 Å². The van der Waals surface area contributed by atoms with Crippen molar-refractivity contribution in [1.29, 1.82) is 0 Å². The molecule has 0 radical (unpaired) electrons. The monoisotopic (exact) mass is 337 g/mol. The first-order chi connectivity index (χ1) is 11.6. The Bertz CT molecular complexity index is 551. The number of nitrogens with one attached hydrogen (secondary N) is 2. The minimum atomic E-state index is -0.324.